The van der Waals surface area contributed by atoms with Crippen molar-refractivity contribution >= 4 is 0 Å². The maximum Gasteiger partial charge on any atom is 0.0929 e. The van der Waals surface area contributed by atoms with E-state index in [-0.39, 0.29) is 12.5 Å². The van der Waals surface area contributed by atoms with E-state index in [9.17, 15) is 10.2 Å². The molecule has 0 radical (unpaired) electrons. The third-order valence-electron chi connectivity index (χ3n) is 3.30. The van der Waals surface area contributed by atoms with Crippen molar-refractivity contribution in [1.82, 2.24) is 4.90 Å². The van der Waals surface area contributed by atoms with Crippen LogP contribution >= 0.6 is 0 Å². The highest BCUT2D eigenvalue weighted by molar-refractivity contribution is 5.14. The molecular formula is C13H19NO3. The lowest BCUT2D eigenvalue weighted by atomic mass is 9.93. The average Bonchev–Trinajstić information content (AvgIpc) is 2.35. The van der Waals surface area contributed by atoms with Gasteiger partial charge in [-0.15, -0.1) is 0 Å². The molecule has 2 rings (SSSR count). The van der Waals surface area contributed by atoms with Gasteiger partial charge in [0.1, 0.15) is 0 Å². The minimum absolute atomic E-state index is 0.0937. The molecule has 3 atom stereocenters. The molecule has 3 N–H and O–H groups in total. The Balaban J connectivity index is 1.98. The first kappa shape index (κ1) is 12.5. The molecule has 0 spiro atoms. The van der Waals surface area contributed by atoms with Gasteiger partial charge in [0.15, 0.2) is 0 Å². The second-order valence-electron chi connectivity index (χ2n) is 4.68. The van der Waals surface area contributed by atoms with Crippen LogP contribution < -0.4 is 0 Å². The van der Waals surface area contributed by atoms with Crippen LogP contribution in [-0.4, -0.2) is 52.1 Å². The van der Waals surface area contributed by atoms with E-state index in [1.807, 2.05) is 30.3 Å². The average molecular weight is 237 g/mol. The summed E-state index contributed by atoms with van der Waals surface area (Å²) < 4.78 is 0. The quantitative estimate of drug-likeness (QED) is 0.683. The monoisotopic (exact) mass is 237 g/mol. The third kappa shape index (κ3) is 3.04. The van der Waals surface area contributed by atoms with Gasteiger partial charge < -0.3 is 15.3 Å². The van der Waals surface area contributed by atoms with Gasteiger partial charge in [-0.3, -0.25) is 4.90 Å². The van der Waals surface area contributed by atoms with E-state index in [0.717, 1.165) is 6.54 Å². The first-order valence-electron chi connectivity index (χ1n) is 5.94. The van der Waals surface area contributed by atoms with E-state index in [1.165, 1.54) is 5.56 Å². The Hall–Kier alpha value is -0.940. The van der Waals surface area contributed by atoms with E-state index in [0.29, 0.717) is 13.1 Å². The number of piperidine rings is 1. The molecule has 1 aliphatic heterocycles. The number of β-amino-alcohol motifs (C(OH)–C–C–N with tert-alkyl or cyclic N) is 1. The summed E-state index contributed by atoms with van der Waals surface area (Å²) in [6.07, 6.45) is -1.59. The Morgan fingerprint density at radius 2 is 1.82 bits per heavy atom. The van der Waals surface area contributed by atoms with Gasteiger partial charge in [0.2, 0.25) is 0 Å². The second-order valence-corrected chi connectivity index (χ2v) is 4.68. The number of hydrogen-bond donors (Lipinski definition) is 3. The maximum atomic E-state index is 9.72. The van der Waals surface area contributed by atoms with Crippen molar-refractivity contribution < 1.29 is 15.3 Å². The number of aliphatic hydroxyl groups excluding tert-OH is 3. The lowest BCUT2D eigenvalue weighted by molar-refractivity contribution is -0.0879. The van der Waals surface area contributed by atoms with Gasteiger partial charge in [-0.25, -0.2) is 0 Å². The molecule has 17 heavy (non-hydrogen) atoms. The van der Waals surface area contributed by atoms with Gasteiger partial charge in [0, 0.05) is 32.2 Å². The molecule has 0 saturated carbocycles. The first-order valence-corrected chi connectivity index (χ1v) is 5.94. The highest BCUT2D eigenvalue weighted by atomic mass is 16.3. The molecule has 0 bridgehead atoms. The van der Waals surface area contributed by atoms with Crippen molar-refractivity contribution in [3.63, 3.8) is 0 Å². The maximum absolute atomic E-state index is 9.72. The van der Waals surface area contributed by atoms with Gasteiger partial charge in [0.05, 0.1) is 12.2 Å². The summed E-state index contributed by atoms with van der Waals surface area (Å²) >= 11 is 0. The highest BCUT2D eigenvalue weighted by Crippen LogP contribution is 2.19. The molecule has 0 amide bonds. The summed E-state index contributed by atoms with van der Waals surface area (Å²) in [7, 11) is 0. The van der Waals surface area contributed by atoms with E-state index in [1.54, 1.807) is 0 Å². The summed E-state index contributed by atoms with van der Waals surface area (Å²) in [5, 5.41) is 28.6. The molecule has 0 unspecified atom stereocenters. The Morgan fingerprint density at radius 3 is 2.47 bits per heavy atom. The predicted octanol–water partition coefficient (Wildman–Crippen LogP) is -0.168. The molecule has 4 heteroatoms. The number of nitrogens with zero attached hydrogens (tertiary/aromatic N) is 1. The van der Waals surface area contributed by atoms with Crippen LogP contribution in [0.4, 0.5) is 0 Å². The fourth-order valence-corrected chi connectivity index (χ4v) is 2.34. The van der Waals surface area contributed by atoms with Crippen LogP contribution in [0.1, 0.15) is 5.56 Å². The molecule has 1 aliphatic rings. The largest absolute Gasteiger partial charge is 0.396 e. The number of benzene rings is 1. The predicted molar refractivity (Wildman–Crippen MR) is 64.3 cm³/mol. The Kier molecular flexibility index (Phi) is 4.12. The second kappa shape index (κ2) is 5.60. The van der Waals surface area contributed by atoms with Crippen LogP contribution in [0.15, 0.2) is 30.3 Å². The van der Waals surface area contributed by atoms with Crippen molar-refractivity contribution in [3.05, 3.63) is 35.9 Å². The zero-order chi connectivity index (χ0) is 12.3. The summed E-state index contributed by atoms with van der Waals surface area (Å²) in [4.78, 5) is 2.06. The molecule has 1 saturated heterocycles. The zero-order valence-electron chi connectivity index (χ0n) is 9.74. The van der Waals surface area contributed by atoms with E-state index in [2.05, 4.69) is 4.90 Å². The molecule has 1 aromatic carbocycles. The van der Waals surface area contributed by atoms with Gasteiger partial charge in [-0.2, -0.15) is 0 Å². The van der Waals surface area contributed by atoms with Crippen molar-refractivity contribution in [1.29, 1.82) is 0 Å². The molecule has 4 nitrogen and oxygen atoms in total. The summed E-state index contributed by atoms with van der Waals surface area (Å²) in [5.41, 5.74) is 1.17. The standard InChI is InChI=1S/C13H19NO3/c15-9-11-7-14(8-12(16)13(11)17)6-10-4-2-1-3-5-10/h1-5,11-13,15-17H,6-9H2/t11-,12-,13-/m1/s1. The molecule has 94 valence electrons. The lowest BCUT2D eigenvalue weighted by Crippen LogP contribution is -2.53. The van der Waals surface area contributed by atoms with Crippen LogP contribution in [0.5, 0.6) is 0 Å². The molecule has 0 aromatic heterocycles. The van der Waals surface area contributed by atoms with Crippen LogP contribution in [0.2, 0.25) is 0 Å². The number of likely N-dealkylation sites (tertiary alicyclic amines) is 1. The number of aliphatic hydroxyl groups is 3. The Labute approximate surface area is 101 Å². The van der Waals surface area contributed by atoms with Crippen LogP contribution in [0.3, 0.4) is 0 Å². The third-order valence-corrected chi connectivity index (χ3v) is 3.30. The topological polar surface area (TPSA) is 63.9 Å². The van der Waals surface area contributed by atoms with Gasteiger partial charge in [-0.1, -0.05) is 30.3 Å². The van der Waals surface area contributed by atoms with Gasteiger partial charge in [0.25, 0.3) is 0 Å². The van der Waals surface area contributed by atoms with Crippen LogP contribution in [-0.2, 0) is 6.54 Å². The first-order chi connectivity index (χ1) is 8.20. The highest BCUT2D eigenvalue weighted by Gasteiger charge is 2.33. The van der Waals surface area contributed by atoms with Gasteiger partial charge >= 0.3 is 0 Å². The fraction of sp³-hybridized carbons (Fsp3) is 0.538. The normalized spacial score (nSPS) is 30.4. The summed E-state index contributed by atoms with van der Waals surface area (Å²) in [6, 6.07) is 9.99. The number of hydrogen-bond acceptors (Lipinski definition) is 4. The van der Waals surface area contributed by atoms with Crippen molar-refractivity contribution in [2.75, 3.05) is 19.7 Å². The van der Waals surface area contributed by atoms with Crippen molar-refractivity contribution in [2.45, 2.75) is 18.8 Å². The zero-order valence-corrected chi connectivity index (χ0v) is 9.74. The molecular weight excluding hydrogens is 218 g/mol. The molecule has 1 aromatic rings. The lowest BCUT2D eigenvalue weighted by Gasteiger charge is -2.38. The van der Waals surface area contributed by atoms with E-state index < -0.39 is 12.2 Å². The summed E-state index contributed by atoms with van der Waals surface area (Å²) in [5.74, 6) is -0.262. The summed E-state index contributed by atoms with van der Waals surface area (Å²) in [6.45, 7) is 1.71. The van der Waals surface area contributed by atoms with E-state index >= 15 is 0 Å². The van der Waals surface area contributed by atoms with E-state index in [4.69, 9.17) is 5.11 Å². The van der Waals surface area contributed by atoms with Crippen molar-refractivity contribution in [3.8, 4) is 0 Å². The molecule has 1 heterocycles. The molecule has 1 fully saturated rings. The minimum atomic E-state index is -0.813. The van der Waals surface area contributed by atoms with Crippen molar-refractivity contribution in [2.24, 2.45) is 5.92 Å². The fourth-order valence-electron chi connectivity index (χ4n) is 2.34. The number of rotatable bonds is 3. The van der Waals surface area contributed by atoms with Gasteiger partial charge in [-0.05, 0) is 5.56 Å². The minimum Gasteiger partial charge on any atom is -0.396 e. The smallest absolute Gasteiger partial charge is 0.0929 e. The Bertz CT molecular complexity index is 344. The van der Waals surface area contributed by atoms with Crippen LogP contribution in [0.25, 0.3) is 0 Å². The SMILES string of the molecule is OC[C@H]1CN(Cc2ccccc2)C[C@@H](O)[C@@H]1O. The molecule has 0 aliphatic carbocycles. The van der Waals surface area contributed by atoms with Crippen LogP contribution in [0, 0.1) is 5.92 Å². The Morgan fingerprint density at radius 1 is 1.12 bits per heavy atom.